The van der Waals surface area contributed by atoms with Gasteiger partial charge in [-0.25, -0.2) is 0 Å². The quantitative estimate of drug-likeness (QED) is 0.832. The van der Waals surface area contributed by atoms with Gasteiger partial charge in [-0.2, -0.15) is 0 Å². The number of aromatic hydroxyl groups is 1. The molecule has 0 aromatic heterocycles. The Morgan fingerprint density at radius 2 is 1.96 bits per heavy atom. The van der Waals surface area contributed by atoms with Gasteiger partial charge in [0.2, 0.25) is 0 Å². The van der Waals surface area contributed by atoms with E-state index in [1.54, 1.807) is 6.07 Å². The Kier molecular flexibility index (Phi) is 3.58. The van der Waals surface area contributed by atoms with Crippen molar-refractivity contribution in [2.45, 2.75) is 58.3 Å². The van der Waals surface area contributed by atoms with Gasteiger partial charge in [0.05, 0.1) is 5.41 Å². The van der Waals surface area contributed by atoms with Crippen molar-refractivity contribution >= 4 is 12.0 Å². The van der Waals surface area contributed by atoms with Crippen LogP contribution >= 0.6 is 0 Å². The van der Waals surface area contributed by atoms with E-state index in [0.717, 1.165) is 30.4 Å². The number of carboxylic acids is 1. The van der Waals surface area contributed by atoms with Gasteiger partial charge in [0.25, 0.3) is 0 Å². The molecule has 1 aromatic rings. The van der Waals surface area contributed by atoms with Crippen molar-refractivity contribution in [2.75, 3.05) is 0 Å². The highest BCUT2D eigenvalue weighted by atomic mass is 16.4. The highest BCUT2D eigenvalue weighted by molar-refractivity contribution is 5.77. The zero-order valence-electron chi connectivity index (χ0n) is 14.4. The summed E-state index contributed by atoms with van der Waals surface area (Å²) in [5.41, 5.74) is 2.34. The smallest absolute Gasteiger partial charge is 0.309 e. The Morgan fingerprint density at radius 1 is 1.26 bits per heavy atom. The highest BCUT2D eigenvalue weighted by Crippen LogP contribution is 2.57. The normalized spacial score (nSPS) is 32.5. The molecule has 3 rings (SSSR count). The second kappa shape index (κ2) is 5.12. The minimum absolute atomic E-state index is 0.0155. The maximum atomic E-state index is 11.9. The molecule has 0 saturated heterocycles. The number of carboxylic acid groups (broad SMARTS) is 1. The largest absolute Gasteiger partial charge is 0.508 e. The molecule has 0 spiro atoms. The molecule has 3 heteroatoms. The Bertz CT molecular complexity index is 688. The second-order valence-electron chi connectivity index (χ2n) is 7.94. The van der Waals surface area contributed by atoms with E-state index >= 15 is 0 Å². The van der Waals surface area contributed by atoms with Gasteiger partial charge in [0, 0.05) is 16.9 Å². The predicted molar refractivity (Wildman–Crippen MR) is 91.7 cm³/mol. The summed E-state index contributed by atoms with van der Waals surface area (Å²) in [4.78, 5) is 11.9. The molecule has 0 aliphatic heterocycles. The van der Waals surface area contributed by atoms with Gasteiger partial charge < -0.3 is 10.2 Å². The van der Waals surface area contributed by atoms with Crippen molar-refractivity contribution < 1.29 is 15.0 Å². The summed E-state index contributed by atoms with van der Waals surface area (Å²) < 4.78 is 0. The number of aliphatic carboxylic acids is 1. The van der Waals surface area contributed by atoms with Crippen LogP contribution in [0.5, 0.6) is 5.75 Å². The van der Waals surface area contributed by atoms with Crippen LogP contribution in [0.1, 0.15) is 69.6 Å². The van der Waals surface area contributed by atoms with E-state index in [1.807, 2.05) is 19.1 Å². The van der Waals surface area contributed by atoms with Crippen molar-refractivity contribution in [1.29, 1.82) is 0 Å². The molecule has 0 amide bonds. The molecule has 3 atom stereocenters. The summed E-state index contributed by atoms with van der Waals surface area (Å²) in [6, 6.07) is 3.78. The molecule has 0 bridgehead atoms. The number of phenolic OH excluding ortho intramolecular Hbond substituents is 1. The lowest BCUT2D eigenvalue weighted by Gasteiger charge is -2.51. The maximum Gasteiger partial charge on any atom is 0.309 e. The lowest BCUT2D eigenvalue weighted by molar-refractivity contribution is -0.154. The SMILES string of the molecule is CC(C)c1c(O)ccc2c1C=C[C@H]1[C@@](C)(C(=O)O)CCC[C@]21C. The van der Waals surface area contributed by atoms with Gasteiger partial charge in [-0.1, -0.05) is 45.4 Å². The molecule has 124 valence electrons. The van der Waals surface area contributed by atoms with Crippen molar-refractivity contribution in [3.8, 4) is 5.75 Å². The van der Waals surface area contributed by atoms with Crippen LogP contribution in [0.15, 0.2) is 18.2 Å². The summed E-state index contributed by atoms with van der Waals surface area (Å²) in [5.74, 6) is -0.158. The lowest BCUT2D eigenvalue weighted by Crippen LogP contribution is -2.50. The van der Waals surface area contributed by atoms with Gasteiger partial charge in [-0.3, -0.25) is 4.79 Å². The van der Waals surface area contributed by atoms with Crippen molar-refractivity contribution in [2.24, 2.45) is 11.3 Å². The number of carbonyl (C=O) groups is 1. The van der Waals surface area contributed by atoms with Gasteiger partial charge in [0.1, 0.15) is 5.75 Å². The van der Waals surface area contributed by atoms with Crippen LogP contribution in [0.3, 0.4) is 0 Å². The third-order valence-corrected chi connectivity index (χ3v) is 6.17. The zero-order chi connectivity index (χ0) is 17.0. The molecule has 2 N–H and O–H groups in total. The van der Waals surface area contributed by atoms with E-state index in [4.69, 9.17) is 0 Å². The molecule has 0 heterocycles. The van der Waals surface area contributed by atoms with Gasteiger partial charge in [-0.15, -0.1) is 0 Å². The topological polar surface area (TPSA) is 57.5 Å². The predicted octanol–water partition coefficient (Wildman–Crippen LogP) is 4.69. The second-order valence-corrected chi connectivity index (χ2v) is 7.94. The molecular formula is C20H26O3. The Balaban J connectivity index is 2.22. The number of rotatable bonds is 2. The Labute approximate surface area is 138 Å². The van der Waals surface area contributed by atoms with E-state index in [9.17, 15) is 15.0 Å². The minimum Gasteiger partial charge on any atom is -0.508 e. The van der Waals surface area contributed by atoms with Gasteiger partial charge >= 0.3 is 5.97 Å². The fourth-order valence-electron chi connectivity index (χ4n) is 4.91. The summed E-state index contributed by atoms with van der Waals surface area (Å²) in [6.45, 7) is 8.25. The first-order valence-electron chi connectivity index (χ1n) is 8.50. The molecule has 0 radical (unpaired) electrons. The Morgan fingerprint density at radius 3 is 2.57 bits per heavy atom. The van der Waals surface area contributed by atoms with Crippen molar-refractivity contribution in [3.05, 3.63) is 34.9 Å². The van der Waals surface area contributed by atoms with E-state index < -0.39 is 11.4 Å². The van der Waals surface area contributed by atoms with Crippen molar-refractivity contribution in [3.63, 3.8) is 0 Å². The molecular weight excluding hydrogens is 288 g/mol. The average Bonchev–Trinajstić information content (AvgIpc) is 2.45. The standard InChI is InChI=1S/C20H26O3/c1-12(2)17-13-6-9-16-19(3,14(13)7-8-15(17)21)10-5-11-20(16,4)18(22)23/h6-9,12,16,21H,5,10-11H2,1-4H3,(H,22,23)/t16-,19-,20+/m1/s1. The van der Waals surface area contributed by atoms with Gasteiger partial charge in [-0.05, 0) is 42.9 Å². The summed E-state index contributed by atoms with van der Waals surface area (Å²) in [7, 11) is 0. The van der Waals surface area contributed by atoms with Crippen LogP contribution in [0.4, 0.5) is 0 Å². The first kappa shape index (κ1) is 16.1. The van der Waals surface area contributed by atoms with E-state index in [1.165, 1.54) is 5.56 Å². The summed E-state index contributed by atoms with van der Waals surface area (Å²) >= 11 is 0. The van der Waals surface area contributed by atoms with Crippen LogP contribution < -0.4 is 0 Å². The number of allylic oxidation sites excluding steroid dienone is 1. The molecule has 23 heavy (non-hydrogen) atoms. The van der Waals surface area contributed by atoms with Crippen LogP contribution in [0.2, 0.25) is 0 Å². The fraction of sp³-hybridized carbons (Fsp3) is 0.550. The number of hydrogen-bond donors (Lipinski definition) is 2. The van der Waals surface area contributed by atoms with Crippen molar-refractivity contribution in [1.82, 2.24) is 0 Å². The number of phenols is 1. The van der Waals surface area contributed by atoms with Crippen LogP contribution in [0, 0.1) is 11.3 Å². The van der Waals surface area contributed by atoms with E-state index in [0.29, 0.717) is 5.75 Å². The molecule has 2 aliphatic rings. The molecule has 1 aromatic carbocycles. The third kappa shape index (κ3) is 2.13. The lowest BCUT2D eigenvalue weighted by atomic mass is 9.51. The minimum atomic E-state index is -0.725. The maximum absolute atomic E-state index is 11.9. The van der Waals surface area contributed by atoms with Gasteiger partial charge in [0.15, 0.2) is 0 Å². The Hall–Kier alpha value is -1.77. The fourth-order valence-corrected chi connectivity index (χ4v) is 4.91. The molecule has 1 saturated carbocycles. The monoisotopic (exact) mass is 314 g/mol. The number of fused-ring (bicyclic) bond motifs is 3. The summed E-state index contributed by atoms with van der Waals surface area (Å²) in [6.07, 6.45) is 6.75. The van der Waals surface area contributed by atoms with Crippen LogP contribution in [-0.2, 0) is 10.2 Å². The highest BCUT2D eigenvalue weighted by Gasteiger charge is 2.54. The summed E-state index contributed by atoms with van der Waals surface area (Å²) in [5, 5.41) is 20.1. The van der Waals surface area contributed by atoms with Crippen LogP contribution in [-0.4, -0.2) is 16.2 Å². The molecule has 3 nitrogen and oxygen atoms in total. The first-order valence-corrected chi connectivity index (χ1v) is 8.50. The van der Waals surface area contributed by atoms with E-state index in [-0.39, 0.29) is 17.3 Å². The zero-order valence-corrected chi connectivity index (χ0v) is 14.4. The first-order chi connectivity index (χ1) is 10.7. The molecule has 0 unspecified atom stereocenters. The average molecular weight is 314 g/mol. The molecule has 1 fully saturated rings. The molecule has 2 aliphatic carbocycles. The number of hydrogen-bond acceptors (Lipinski definition) is 2. The number of benzene rings is 1. The van der Waals surface area contributed by atoms with Crippen LogP contribution in [0.25, 0.3) is 6.08 Å². The third-order valence-electron chi connectivity index (χ3n) is 6.17. The van der Waals surface area contributed by atoms with E-state index in [2.05, 4.69) is 26.8 Å².